The van der Waals surface area contributed by atoms with Crippen molar-refractivity contribution in [3.05, 3.63) is 70.9 Å². The molecule has 2 aromatic heterocycles. The van der Waals surface area contributed by atoms with Gasteiger partial charge < -0.3 is 15.4 Å². The number of nitrogens with zero attached hydrogens (tertiary/aromatic N) is 4. The predicted molar refractivity (Wildman–Crippen MR) is 118 cm³/mol. The first-order valence-corrected chi connectivity index (χ1v) is 11.1. The predicted octanol–water partition coefficient (Wildman–Crippen LogP) is 4.50. The van der Waals surface area contributed by atoms with E-state index in [1.807, 2.05) is 0 Å². The number of halogens is 4. The maximum Gasteiger partial charge on any atom is 0.416 e. The maximum atomic E-state index is 15.2. The minimum atomic E-state index is -4.49. The van der Waals surface area contributed by atoms with E-state index >= 15 is 4.39 Å². The van der Waals surface area contributed by atoms with Crippen LogP contribution in [0.25, 0.3) is 16.6 Å². The zero-order chi connectivity index (χ0) is 24.5. The molecule has 0 radical (unpaired) electrons. The molecule has 1 amide bonds. The summed E-state index contributed by atoms with van der Waals surface area (Å²) in [5.41, 5.74) is 7.21. The van der Waals surface area contributed by atoms with Crippen molar-refractivity contribution in [3.8, 4) is 0 Å². The molecule has 2 unspecified atom stereocenters. The molecule has 0 saturated carbocycles. The molecular formula is C24H19F4N5O2. The Morgan fingerprint density at radius 1 is 1.17 bits per heavy atom. The van der Waals surface area contributed by atoms with Gasteiger partial charge in [0.25, 0.3) is 5.91 Å². The largest absolute Gasteiger partial charge is 0.416 e. The summed E-state index contributed by atoms with van der Waals surface area (Å²) in [7, 11) is 0. The fourth-order valence-electron chi connectivity index (χ4n) is 5.14. The first kappa shape index (κ1) is 21.8. The number of hydrogen-bond acceptors (Lipinski definition) is 5. The Morgan fingerprint density at radius 2 is 2.00 bits per heavy atom. The Hall–Kier alpha value is -3.73. The first-order valence-electron chi connectivity index (χ1n) is 11.1. The molecule has 2 N–H and O–H groups in total. The fraction of sp³-hybridized carbons (Fsp3) is 0.292. The SMILES string of the molecule is Nc1nc2cc(F)c(C(=O)N3CCCC4OCc5cc(C(F)(F)F)ccc5C43)cc2n2cncc12. The second-order valence-electron chi connectivity index (χ2n) is 8.81. The molecule has 7 nitrogen and oxygen atoms in total. The molecule has 4 heterocycles. The molecule has 0 bridgehead atoms. The smallest absolute Gasteiger partial charge is 0.382 e. The fourth-order valence-corrected chi connectivity index (χ4v) is 5.14. The van der Waals surface area contributed by atoms with Crippen LogP contribution in [0.5, 0.6) is 0 Å². The summed E-state index contributed by atoms with van der Waals surface area (Å²) in [6, 6.07) is 5.43. The van der Waals surface area contributed by atoms with E-state index in [4.69, 9.17) is 10.5 Å². The number of benzene rings is 2. The number of piperidine rings is 1. The third-order valence-electron chi connectivity index (χ3n) is 6.77. The lowest BCUT2D eigenvalue weighted by molar-refractivity contribution is -0.137. The molecule has 2 atom stereocenters. The van der Waals surface area contributed by atoms with Crippen LogP contribution in [0.4, 0.5) is 23.4 Å². The number of rotatable bonds is 1. The van der Waals surface area contributed by atoms with Crippen molar-refractivity contribution < 1.29 is 27.1 Å². The third-order valence-corrected chi connectivity index (χ3v) is 6.77. The molecule has 1 saturated heterocycles. The average molecular weight is 485 g/mol. The van der Waals surface area contributed by atoms with E-state index in [0.29, 0.717) is 41.5 Å². The second-order valence-corrected chi connectivity index (χ2v) is 8.81. The molecule has 2 aromatic carbocycles. The van der Waals surface area contributed by atoms with Crippen LogP contribution in [0.1, 0.15) is 45.9 Å². The van der Waals surface area contributed by atoms with Crippen molar-refractivity contribution in [1.82, 2.24) is 19.3 Å². The van der Waals surface area contributed by atoms with E-state index in [0.717, 1.165) is 18.2 Å². The average Bonchev–Trinajstić information content (AvgIpc) is 3.33. The van der Waals surface area contributed by atoms with Gasteiger partial charge in [0.05, 0.1) is 53.4 Å². The van der Waals surface area contributed by atoms with Gasteiger partial charge in [0.15, 0.2) is 0 Å². The molecule has 11 heteroatoms. The minimum Gasteiger partial charge on any atom is -0.382 e. The van der Waals surface area contributed by atoms with Gasteiger partial charge in [-0.2, -0.15) is 13.2 Å². The summed E-state index contributed by atoms with van der Waals surface area (Å²) in [6.45, 7) is 0.347. The minimum absolute atomic E-state index is 0.0263. The summed E-state index contributed by atoms with van der Waals surface area (Å²) in [5.74, 6) is -1.15. The van der Waals surface area contributed by atoms with E-state index in [2.05, 4.69) is 9.97 Å². The van der Waals surface area contributed by atoms with Crippen LogP contribution in [0.3, 0.4) is 0 Å². The van der Waals surface area contributed by atoms with Crippen molar-refractivity contribution in [2.75, 3.05) is 12.3 Å². The molecule has 0 spiro atoms. The summed E-state index contributed by atoms with van der Waals surface area (Å²) in [5, 5.41) is 0. The topological polar surface area (TPSA) is 85.8 Å². The number of amides is 1. The van der Waals surface area contributed by atoms with Gasteiger partial charge in [0, 0.05) is 12.6 Å². The number of fused-ring (bicyclic) bond motifs is 6. The summed E-state index contributed by atoms with van der Waals surface area (Å²) < 4.78 is 62.4. The maximum absolute atomic E-state index is 15.2. The van der Waals surface area contributed by atoms with Crippen LogP contribution in [-0.4, -0.2) is 37.8 Å². The number of imidazole rings is 1. The van der Waals surface area contributed by atoms with Gasteiger partial charge in [0.1, 0.15) is 17.2 Å². The van der Waals surface area contributed by atoms with Gasteiger partial charge in [-0.1, -0.05) is 6.07 Å². The zero-order valence-electron chi connectivity index (χ0n) is 18.2. The highest BCUT2D eigenvalue weighted by Crippen LogP contribution is 2.42. The van der Waals surface area contributed by atoms with Crippen molar-refractivity contribution in [2.24, 2.45) is 0 Å². The van der Waals surface area contributed by atoms with Crippen LogP contribution < -0.4 is 5.73 Å². The molecule has 2 aliphatic heterocycles. The molecule has 1 fully saturated rings. The number of carbonyl (C=O) groups is 1. The molecule has 35 heavy (non-hydrogen) atoms. The zero-order valence-corrected chi connectivity index (χ0v) is 18.2. The van der Waals surface area contributed by atoms with Gasteiger partial charge in [-0.25, -0.2) is 14.4 Å². The normalized spacial score (nSPS) is 20.2. The monoisotopic (exact) mass is 485 g/mol. The Kier molecular flexibility index (Phi) is 4.75. The van der Waals surface area contributed by atoms with E-state index in [-0.39, 0.29) is 29.6 Å². The van der Waals surface area contributed by atoms with Crippen molar-refractivity contribution >= 4 is 28.3 Å². The number of alkyl halides is 3. The third kappa shape index (κ3) is 3.41. The van der Waals surface area contributed by atoms with Gasteiger partial charge in [-0.15, -0.1) is 0 Å². The van der Waals surface area contributed by atoms with E-state index < -0.39 is 29.5 Å². The summed E-state index contributed by atoms with van der Waals surface area (Å²) >= 11 is 0. The van der Waals surface area contributed by atoms with Gasteiger partial charge in [0.2, 0.25) is 0 Å². The van der Waals surface area contributed by atoms with Crippen LogP contribution in [-0.2, 0) is 17.5 Å². The highest BCUT2D eigenvalue weighted by Gasteiger charge is 2.42. The molecule has 4 aromatic rings. The van der Waals surface area contributed by atoms with Crippen molar-refractivity contribution in [1.29, 1.82) is 0 Å². The standard InChI is InChI=1S/C24H19F4N5O2/c25-16-8-17-18(33-11-30-9-19(33)22(29)31-17)7-15(16)23(34)32-5-1-2-20-21(32)14-4-3-13(24(26,27)28)6-12(14)10-35-20/h3-4,6-9,11,20-21H,1-2,5,10H2,(H2,29,31). The highest BCUT2D eigenvalue weighted by atomic mass is 19.4. The number of nitrogen functional groups attached to an aromatic ring is 1. The Labute approximate surface area is 196 Å². The van der Waals surface area contributed by atoms with Gasteiger partial charge in [-0.3, -0.25) is 9.20 Å². The number of carbonyl (C=O) groups excluding carboxylic acids is 1. The Bertz CT molecular complexity index is 1500. The molecule has 6 rings (SSSR count). The van der Waals surface area contributed by atoms with Crippen molar-refractivity contribution in [3.63, 3.8) is 0 Å². The lowest BCUT2D eigenvalue weighted by Gasteiger charge is -2.44. The van der Waals surface area contributed by atoms with Gasteiger partial charge >= 0.3 is 6.18 Å². The molecule has 2 aliphatic rings. The molecule has 0 aliphatic carbocycles. The van der Waals surface area contributed by atoms with Crippen LogP contribution in [0.2, 0.25) is 0 Å². The second kappa shape index (κ2) is 7.64. The number of nitrogens with two attached hydrogens (primary N) is 1. The molecular weight excluding hydrogens is 466 g/mol. The number of likely N-dealkylation sites (tertiary alicyclic amines) is 1. The van der Waals surface area contributed by atoms with E-state index in [1.54, 1.807) is 4.40 Å². The summed E-state index contributed by atoms with van der Waals surface area (Å²) in [4.78, 5) is 23.4. The quantitative estimate of drug-likeness (QED) is 0.402. The summed E-state index contributed by atoms with van der Waals surface area (Å²) in [6.07, 6.45) is -0.577. The number of hydrogen-bond donors (Lipinski definition) is 1. The number of aromatic nitrogens is 3. The van der Waals surface area contributed by atoms with Crippen LogP contribution in [0, 0.1) is 5.82 Å². The van der Waals surface area contributed by atoms with E-state index in [1.165, 1.54) is 29.6 Å². The molecule has 180 valence electrons. The Morgan fingerprint density at radius 3 is 2.80 bits per heavy atom. The van der Waals surface area contributed by atoms with E-state index in [9.17, 15) is 18.0 Å². The number of ether oxygens (including phenoxy) is 1. The number of anilines is 1. The van der Waals surface area contributed by atoms with Crippen molar-refractivity contribution in [2.45, 2.75) is 37.8 Å². The van der Waals surface area contributed by atoms with Gasteiger partial charge in [-0.05, 0) is 42.2 Å². The Balaban J connectivity index is 1.44. The lowest BCUT2D eigenvalue weighted by atomic mass is 9.86. The highest BCUT2D eigenvalue weighted by molar-refractivity contribution is 5.99. The van der Waals surface area contributed by atoms with Crippen LogP contribution >= 0.6 is 0 Å². The lowest BCUT2D eigenvalue weighted by Crippen LogP contribution is -2.48. The van der Waals surface area contributed by atoms with Crippen LogP contribution in [0.15, 0.2) is 42.9 Å². The first-order chi connectivity index (χ1) is 16.7.